The smallest absolute Gasteiger partial charge is 0.225 e. The molecule has 0 saturated heterocycles. The summed E-state index contributed by atoms with van der Waals surface area (Å²) in [6.45, 7) is 4.38. The zero-order valence-corrected chi connectivity index (χ0v) is 12.0. The van der Waals surface area contributed by atoms with E-state index in [9.17, 15) is 0 Å². The van der Waals surface area contributed by atoms with Gasteiger partial charge in [0, 0.05) is 30.9 Å². The van der Waals surface area contributed by atoms with Crippen LogP contribution in [0.3, 0.4) is 0 Å². The average molecular weight is 282 g/mol. The normalized spacial score (nSPS) is 10.7. The second kappa shape index (κ2) is 6.21. The molecule has 6 nitrogen and oxygen atoms in total. The first-order chi connectivity index (χ1) is 10.4. The van der Waals surface area contributed by atoms with E-state index in [2.05, 4.69) is 25.7 Å². The second-order valence-corrected chi connectivity index (χ2v) is 4.64. The number of anilines is 2. The highest BCUT2D eigenvalue weighted by atomic mass is 15.3. The van der Waals surface area contributed by atoms with Crippen molar-refractivity contribution in [3.63, 3.8) is 0 Å². The fourth-order valence-corrected chi connectivity index (χ4v) is 2.17. The molecule has 3 aromatic rings. The van der Waals surface area contributed by atoms with Crippen molar-refractivity contribution in [2.75, 3.05) is 23.7 Å². The number of hydrogen-bond donors (Lipinski definition) is 2. The molecular formula is C15H18N6. The number of aromatic nitrogens is 4. The lowest BCUT2D eigenvalue weighted by Crippen LogP contribution is -2.13. The van der Waals surface area contributed by atoms with Crippen molar-refractivity contribution in [3.8, 4) is 0 Å². The Morgan fingerprint density at radius 1 is 1.10 bits per heavy atom. The Balaban J connectivity index is 1.81. The molecule has 0 atom stereocenters. The van der Waals surface area contributed by atoms with E-state index in [1.165, 1.54) is 0 Å². The van der Waals surface area contributed by atoms with Gasteiger partial charge in [-0.2, -0.15) is 10.1 Å². The number of rotatable bonds is 6. The summed E-state index contributed by atoms with van der Waals surface area (Å²) in [5, 5.41) is 11.8. The summed E-state index contributed by atoms with van der Waals surface area (Å²) in [6.07, 6.45) is 3.73. The van der Waals surface area contributed by atoms with Crippen LogP contribution in [-0.2, 0) is 6.54 Å². The van der Waals surface area contributed by atoms with Crippen molar-refractivity contribution >= 4 is 22.7 Å². The molecule has 0 spiro atoms. The third-order valence-electron chi connectivity index (χ3n) is 3.13. The van der Waals surface area contributed by atoms with Gasteiger partial charge < -0.3 is 10.6 Å². The maximum atomic E-state index is 4.55. The molecule has 0 aliphatic heterocycles. The molecule has 2 N–H and O–H groups in total. The van der Waals surface area contributed by atoms with E-state index < -0.39 is 0 Å². The first kappa shape index (κ1) is 13.4. The summed E-state index contributed by atoms with van der Waals surface area (Å²) in [6, 6.07) is 9.93. The van der Waals surface area contributed by atoms with Gasteiger partial charge in [0.05, 0.1) is 12.1 Å². The fraction of sp³-hybridized carbons (Fsp3) is 0.267. The zero-order valence-electron chi connectivity index (χ0n) is 12.0. The molecule has 0 unspecified atom stereocenters. The Hall–Kier alpha value is -2.63. The molecule has 21 heavy (non-hydrogen) atoms. The van der Waals surface area contributed by atoms with Crippen LogP contribution in [0.5, 0.6) is 0 Å². The van der Waals surface area contributed by atoms with Crippen molar-refractivity contribution in [1.29, 1.82) is 0 Å². The number of para-hydroxylation sites is 1. The van der Waals surface area contributed by atoms with Gasteiger partial charge in [0.1, 0.15) is 5.82 Å². The Morgan fingerprint density at radius 2 is 2.00 bits per heavy atom. The van der Waals surface area contributed by atoms with E-state index in [1.807, 2.05) is 48.1 Å². The third-order valence-corrected chi connectivity index (χ3v) is 3.13. The number of nitrogens with zero attached hydrogens (tertiary/aromatic N) is 4. The molecular weight excluding hydrogens is 264 g/mol. The minimum Gasteiger partial charge on any atom is -0.368 e. The average Bonchev–Trinajstić information content (AvgIpc) is 3.01. The largest absolute Gasteiger partial charge is 0.368 e. The molecule has 0 aliphatic rings. The third kappa shape index (κ3) is 3.10. The van der Waals surface area contributed by atoms with Crippen molar-refractivity contribution in [2.24, 2.45) is 0 Å². The lowest BCUT2D eigenvalue weighted by atomic mass is 10.2. The Morgan fingerprint density at radius 3 is 2.81 bits per heavy atom. The summed E-state index contributed by atoms with van der Waals surface area (Å²) in [4.78, 5) is 9.05. The minimum absolute atomic E-state index is 0.651. The summed E-state index contributed by atoms with van der Waals surface area (Å²) < 4.78 is 1.89. The van der Waals surface area contributed by atoms with Crippen molar-refractivity contribution in [2.45, 2.75) is 13.5 Å². The van der Waals surface area contributed by atoms with Gasteiger partial charge in [0.15, 0.2) is 0 Å². The molecule has 6 heteroatoms. The van der Waals surface area contributed by atoms with Gasteiger partial charge in [-0.3, -0.25) is 4.68 Å². The maximum absolute atomic E-state index is 4.55. The molecule has 0 radical (unpaired) electrons. The van der Waals surface area contributed by atoms with Gasteiger partial charge in [-0.15, -0.1) is 0 Å². The van der Waals surface area contributed by atoms with Crippen LogP contribution < -0.4 is 10.6 Å². The van der Waals surface area contributed by atoms with Crippen LogP contribution in [0.25, 0.3) is 10.9 Å². The summed E-state index contributed by atoms with van der Waals surface area (Å²) in [5.41, 5.74) is 0.935. The number of hydrogen-bond acceptors (Lipinski definition) is 5. The van der Waals surface area contributed by atoms with Crippen LogP contribution in [-0.4, -0.2) is 32.8 Å². The van der Waals surface area contributed by atoms with E-state index >= 15 is 0 Å². The quantitative estimate of drug-likeness (QED) is 0.726. The molecule has 2 aromatic heterocycles. The first-order valence-corrected chi connectivity index (χ1v) is 7.09. The number of benzene rings is 1. The highest BCUT2D eigenvalue weighted by Crippen LogP contribution is 2.21. The van der Waals surface area contributed by atoms with Crippen LogP contribution in [0, 0.1) is 0 Å². The van der Waals surface area contributed by atoms with Crippen LogP contribution >= 0.6 is 0 Å². The van der Waals surface area contributed by atoms with Gasteiger partial charge in [-0.05, 0) is 25.1 Å². The van der Waals surface area contributed by atoms with Gasteiger partial charge in [0.2, 0.25) is 5.95 Å². The Bertz CT molecular complexity index is 707. The molecule has 2 heterocycles. The van der Waals surface area contributed by atoms with Gasteiger partial charge in [-0.25, -0.2) is 4.98 Å². The van der Waals surface area contributed by atoms with Gasteiger partial charge in [-0.1, -0.05) is 12.1 Å². The predicted octanol–water partition coefficient (Wildman–Crippen LogP) is 2.37. The molecule has 0 bridgehead atoms. The summed E-state index contributed by atoms with van der Waals surface area (Å²) >= 11 is 0. The van der Waals surface area contributed by atoms with Crippen LogP contribution in [0.4, 0.5) is 11.8 Å². The lowest BCUT2D eigenvalue weighted by Gasteiger charge is -2.11. The monoisotopic (exact) mass is 282 g/mol. The second-order valence-electron chi connectivity index (χ2n) is 4.64. The van der Waals surface area contributed by atoms with Crippen LogP contribution in [0.1, 0.15) is 6.92 Å². The molecule has 0 fully saturated rings. The minimum atomic E-state index is 0.651. The highest BCUT2D eigenvalue weighted by molar-refractivity contribution is 5.89. The predicted molar refractivity (Wildman–Crippen MR) is 84.4 cm³/mol. The Kier molecular flexibility index (Phi) is 3.95. The fourth-order valence-electron chi connectivity index (χ4n) is 2.17. The van der Waals surface area contributed by atoms with E-state index in [4.69, 9.17) is 0 Å². The standard InChI is InChI=1S/C15H18N6/c1-2-16-15-19-13-7-4-3-6-12(13)14(20-15)17-9-11-21-10-5-8-18-21/h3-8,10H,2,9,11H2,1H3,(H2,16,17,19,20). The molecule has 3 rings (SSSR count). The highest BCUT2D eigenvalue weighted by Gasteiger charge is 2.06. The molecule has 0 aliphatic carbocycles. The summed E-state index contributed by atoms with van der Waals surface area (Å²) in [5.74, 6) is 1.50. The number of nitrogens with one attached hydrogen (secondary N) is 2. The Labute approximate surface area is 123 Å². The SMILES string of the molecule is CCNc1nc(NCCn2cccn2)c2ccccc2n1. The van der Waals surface area contributed by atoms with E-state index in [1.54, 1.807) is 6.20 Å². The van der Waals surface area contributed by atoms with Crippen molar-refractivity contribution in [1.82, 2.24) is 19.7 Å². The van der Waals surface area contributed by atoms with Gasteiger partial charge in [0.25, 0.3) is 0 Å². The number of fused-ring (bicyclic) bond motifs is 1. The van der Waals surface area contributed by atoms with Crippen molar-refractivity contribution in [3.05, 3.63) is 42.7 Å². The molecule has 0 saturated carbocycles. The van der Waals surface area contributed by atoms with E-state index in [-0.39, 0.29) is 0 Å². The lowest BCUT2D eigenvalue weighted by molar-refractivity contribution is 0.637. The molecule has 108 valence electrons. The van der Waals surface area contributed by atoms with Crippen LogP contribution in [0.2, 0.25) is 0 Å². The van der Waals surface area contributed by atoms with Crippen LogP contribution in [0.15, 0.2) is 42.7 Å². The van der Waals surface area contributed by atoms with E-state index in [0.717, 1.165) is 36.4 Å². The first-order valence-electron chi connectivity index (χ1n) is 7.09. The summed E-state index contributed by atoms with van der Waals surface area (Å²) in [7, 11) is 0. The maximum Gasteiger partial charge on any atom is 0.225 e. The topological polar surface area (TPSA) is 67.7 Å². The van der Waals surface area contributed by atoms with E-state index in [0.29, 0.717) is 5.95 Å². The van der Waals surface area contributed by atoms with Gasteiger partial charge >= 0.3 is 0 Å². The van der Waals surface area contributed by atoms with Crippen molar-refractivity contribution < 1.29 is 0 Å². The molecule has 0 amide bonds. The zero-order chi connectivity index (χ0) is 14.5. The molecule has 1 aromatic carbocycles.